The Labute approximate surface area is 144 Å². The van der Waals surface area contributed by atoms with Gasteiger partial charge in [0.2, 0.25) is 5.91 Å². The third-order valence-corrected chi connectivity index (χ3v) is 4.03. The molecular weight excluding hydrogens is 304 g/mol. The van der Waals surface area contributed by atoms with E-state index in [9.17, 15) is 9.59 Å². The number of hydrogen-bond acceptors (Lipinski definition) is 3. The quantitative estimate of drug-likeness (QED) is 0.842. The molecule has 0 unspecified atom stereocenters. The topological polar surface area (TPSA) is 49.9 Å². The van der Waals surface area contributed by atoms with E-state index in [-0.39, 0.29) is 18.5 Å². The van der Waals surface area contributed by atoms with Crippen molar-refractivity contribution < 1.29 is 14.3 Å². The number of unbranched alkanes of at least 4 members (excludes halogenated alkanes) is 1. The third-order valence-electron chi connectivity index (χ3n) is 4.03. The van der Waals surface area contributed by atoms with E-state index in [0.717, 1.165) is 24.9 Å². The van der Waals surface area contributed by atoms with Crippen LogP contribution in [0.2, 0.25) is 0 Å². The van der Waals surface area contributed by atoms with Gasteiger partial charge < -0.3 is 9.64 Å². The van der Waals surface area contributed by atoms with Gasteiger partial charge in [-0.05, 0) is 39.3 Å². The van der Waals surface area contributed by atoms with E-state index in [2.05, 4.69) is 6.92 Å². The lowest BCUT2D eigenvalue weighted by Gasteiger charge is -2.41. The van der Waals surface area contributed by atoms with Crippen molar-refractivity contribution in [3.05, 3.63) is 30.3 Å². The number of hydrogen-bond donors (Lipinski definition) is 0. The molecule has 0 spiro atoms. The van der Waals surface area contributed by atoms with E-state index in [1.54, 1.807) is 9.80 Å². The average Bonchev–Trinajstić information content (AvgIpc) is 2.52. The number of anilines is 1. The number of ether oxygens (including phenoxy) is 1. The maximum Gasteiger partial charge on any atom is 0.411 e. The van der Waals surface area contributed by atoms with Gasteiger partial charge in [0.15, 0.2) is 0 Å². The number of nitrogens with zero attached hydrogens (tertiary/aromatic N) is 2. The monoisotopic (exact) mass is 332 g/mol. The summed E-state index contributed by atoms with van der Waals surface area (Å²) in [6, 6.07) is 9.61. The van der Waals surface area contributed by atoms with Gasteiger partial charge in [0, 0.05) is 12.2 Å². The molecule has 1 aliphatic heterocycles. The summed E-state index contributed by atoms with van der Waals surface area (Å²) in [7, 11) is 0. The van der Waals surface area contributed by atoms with Crippen LogP contribution in [0.3, 0.4) is 0 Å². The Hall–Kier alpha value is -2.04. The summed E-state index contributed by atoms with van der Waals surface area (Å²) in [6.45, 7) is 8.23. The molecule has 1 aromatic rings. The molecule has 5 heteroatoms. The molecule has 0 N–H and O–H groups in total. The molecular formula is C19H28N2O3. The molecule has 0 radical (unpaired) electrons. The Morgan fingerprint density at radius 3 is 2.50 bits per heavy atom. The first kappa shape index (κ1) is 18.3. The zero-order chi connectivity index (χ0) is 17.7. The number of rotatable bonds is 4. The number of piperazine rings is 1. The van der Waals surface area contributed by atoms with E-state index in [1.165, 1.54) is 0 Å². The van der Waals surface area contributed by atoms with Gasteiger partial charge in [-0.2, -0.15) is 0 Å². The van der Waals surface area contributed by atoms with Crippen LogP contribution in [-0.4, -0.2) is 41.6 Å². The maximum atomic E-state index is 12.6. The number of amides is 2. The van der Waals surface area contributed by atoms with Gasteiger partial charge in [-0.15, -0.1) is 0 Å². The third kappa shape index (κ3) is 4.73. The number of benzene rings is 1. The highest BCUT2D eigenvalue weighted by atomic mass is 16.6. The van der Waals surface area contributed by atoms with Crippen LogP contribution in [0.5, 0.6) is 0 Å². The summed E-state index contributed by atoms with van der Waals surface area (Å²) in [5.74, 6) is -0.0696. The van der Waals surface area contributed by atoms with Crippen molar-refractivity contribution >= 4 is 17.7 Å². The first-order valence-electron chi connectivity index (χ1n) is 8.67. The second-order valence-corrected chi connectivity index (χ2v) is 7.24. The molecule has 1 atom stereocenters. The zero-order valence-corrected chi connectivity index (χ0v) is 15.1. The molecule has 1 saturated heterocycles. The summed E-state index contributed by atoms with van der Waals surface area (Å²) < 4.78 is 5.49. The van der Waals surface area contributed by atoms with Gasteiger partial charge in [0.05, 0.1) is 6.04 Å². The summed E-state index contributed by atoms with van der Waals surface area (Å²) in [5, 5.41) is 0. The molecule has 2 rings (SSSR count). The van der Waals surface area contributed by atoms with Gasteiger partial charge in [-0.1, -0.05) is 38.0 Å². The fourth-order valence-corrected chi connectivity index (χ4v) is 2.85. The fraction of sp³-hybridized carbons (Fsp3) is 0.579. The minimum Gasteiger partial charge on any atom is -0.444 e. The first-order chi connectivity index (χ1) is 11.3. The van der Waals surface area contributed by atoms with Gasteiger partial charge in [0.25, 0.3) is 0 Å². The highest BCUT2D eigenvalue weighted by molar-refractivity contribution is 5.97. The lowest BCUT2D eigenvalue weighted by Crippen LogP contribution is -2.58. The van der Waals surface area contributed by atoms with E-state index in [1.807, 2.05) is 51.1 Å². The van der Waals surface area contributed by atoms with E-state index >= 15 is 0 Å². The molecule has 1 heterocycles. The number of carbonyl (C=O) groups excluding carboxylic acids is 2. The Morgan fingerprint density at radius 2 is 1.92 bits per heavy atom. The second kappa shape index (κ2) is 7.69. The Balaban J connectivity index is 2.17. The van der Waals surface area contributed by atoms with E-state index in [4.69, 9.17) is 4.74 Å². The minimum atomic E-state index is -0.563. The van der Waals surface area contributed by atoms with E-state index in [0.29, 0.717) is 6.54 Å². The normalized spacial score (nSPS) is 18.7. The standard InChI is InChI=1S/C19H28N2O3/c1-5-6-10-16-13-20(15-11-8-7-9-12-15)17(22)14-21(16)18(23)24-19(2,3)4/h7-9,11-12,16H,5-6,10,13-14H2,1-4H3/t16-/m0/s1. The molecule has 1 fully saturated rings. The van der Waals surface area contributed by atoms with Gasteiger partial charge in [0.1, 0.15) is 12.1 Å². The molecule has 1 aromatic carbocycles. The SMILES string of the molecule is CCCC[C@H]1CN(c2ccccc2)C(=O)CN1C(=O)OC(C)(C)C. The molecule has 0 aromatic heterocycles. The predicted octanol–water partition coefficient (Wildman–Crippen LogP) is 3.83. The van der Waals surface area contributed by atoms with Crippen LogP contribution < -0.4 is 4.90 Å². The van der Waals surface area contributed by atoms with Crippen LogP contribution in [0.4, 0.5) is 10.5 Å². The van der Waals surface area contributed by atoms with Crippen molar-refractivity contribution in [2.45, 2.75) is 58.6 Å². The van der Waals surface area contributed by atoms with Crippen LogP contribution >= 0.6 is 0 Å². The summed E-state index contributed by atoms with van der Waals surface area (Å²) >= 11 is 0. The van der Waals surface area contributed by atoms with Crippen LogP contribution in [-0.2, 0) is 9.53 Å². The van der Waals surface area contributed by atoms with Crippen LogP contribution in [0.1, 0.15) is 47.0 Å². The smallest absolute Gasteiger partial charge is 0.411 e. The second-order valence-electron chi connectivity index (χ2n) is 7.24. The predicted molar refractivity (Wildman–Crippen MR) is 95.0 cm³/mol. The Kier molecular flexibility index (Phi) is 5.86. The molecule has 0 aliphatic carbocycles. The van der Waals surface area contributed by atoms with Crippen LogP contribution in [0.25, 0.3) is 0 Å². The molecule has 1 aliphatic rings. The van der Waals surface area contributed by atoms with Crippen molar-refractivity contribution in [3.63, 3.8) is 0 Å². The molecule has 0 saturated carbocycles. The molecule has 132 valence electrons. The first-order valence-corrected chi connectivity index (χ1v) is 8.67. The summed E-state index contributed by atoms with van der Waals surface area (Å²) in [4.78, 5) is 28.5. The van der Waals surface area contributed by atoms with Crippen molar-refractivity contribution in [1.82, 2.24) is 4.90 Å². The summed E-state index contributed by atoms with van der Waals surface area (Å²) in [6.07, 6.45) is 2.54. The lowest BCUT2D eigenvalue weighted by atomic mass is 10.0. The van der Waals surface area contributed by atoms with Crippen LogP contribution in [0, 0.1) is 0 Å². The number of carbonyl (C=O) groups is 2. The highest BCUT2D eigenvalue weighted by Gasteiger charge is 2.37. The van der Waals surface area contributed by atoms with Gasteiger partial charge in [-0.25, -0.2) is 4.79 Å². The maximum absolute atomic E-state index is 12.6. The lowest BCUT2D eigenvalue weighted by molar-refractivity contribution is -0.122. The van der Waals surface area contributed by atoms with Gasteiger partial charge in [-0.3, -0.25) is 9.69 Å². The van der Waals surface area contributed by atoms with Crippen LogP contribution in [0.15, 0.2) is 30.3 Å². The average molecular weight is 332 g/mol. The Morgan fingerprint density at radius 1 is 1.25 bits per heavy atom. The summed E-state index contributed by atoms with van der Waals surface area (Å²) in [5.41, 5.74) is 0.319. The Bertz CT molecular complexity index is 566. The van der Waals surface area contributed by atoms with Crippen molar-refractivity contribution in [3.8, 4) is 0 Å². The van der Waals surface area contributed by atoms with Crippen molar-refractivity contribution in [2.75, 3.05) is 18.0 Å². The highest BCUT2D eigenvalue weighted by Crippen LogP contribution is 2.24. The molecule has 24 heavy (non-hydrogen) atoms. The molecule has 2 amide bonds. The largest absolute Gasteiger partial charge is 0.444 e. The number of para-hydroxylation sites is 1. The molecule has 5 nitrogen and oxygen atoms in total. The molecule has 0 bridgehead atoms. The fourth-order valence-electron chi connectivity index (χ4n) is 2.85. The zero-order valence-electron chi connectivity index (χ0n) is 15.1. The van der Waals surface area contributed by atoms with Crippen molar-refractivity contribution in [1.29, 1.82) is 0 Å². The van der Waals surface area contributed by atoms with E-state index < -0.39 is 11.7 Å². The van der Waals surface area contributed by atoms with Crippen molar-refractivity contribution in [2.24, 2.45) is 0 Å². The van der Waals surface area contributed by atoms with Gasteiger partial charge >= 0.3 is 6.09 Å². The minimum absolute atomic E-state index is 0.0160.